The molecule has 0 bridgehead atoms. The monoisotopic (exact) mass is 344 g/mol. The van der Waals surface area contributed by atoms with Gasteiger partial charge in [0.1, 0.15) is 12.1 Å². The Morgan fingerprint density at radius 1 is 0.708 bits per heavy atom. The number of benzene rings is 1. The van der Waals surface area contributed by atoms with Crippen LogP contribution in [0.15, 0.2) is 59.3 Å². The number of allylic oxidation sites excluding steroid dienone is 2. The van der Waals surface area contributed by atoms with Gasteiger partial charge >= 0.3 is 0 Å². The van der Waals surface area contributed by atoms with E-state index < -0.39 is 0 Å². The van der Waals surface area contributed by atoms with Crippen LogP contribution in [-0.2, 0) is 0 Å². The minimum Gasteiger partial charge on any atom is -0.192 e. The van der Waals surface area contributed by atoms with Crippen LogP contribution in [0.5, 0.6) is 0 Å². The Morgan fingerprint density at radius 3 is 1.42 bits per heavy atom. The Kier molecular flexibility index (Phi) is 5.03. The van der Waals surface area contributed by atoms with Gasteiger partial charge < -0.3 is 0 Å². The van der Waals surface area contributed by atoms with Crippen molar-refractivity contribution in [2.45, 2.75) is 0 Å². The van der Waals surface area contributed by atoms with Gasteiger partial charge in [-0.05, 0) is 46.2 Å². The van der Waals surface area contributed by atoms with Crippen LogP contribution in [0.3, 0.4) is 0 Å². The number of thiophene rings is 2. The molecule has 2 heterocycles. The zero-order valence-electron chi connectivity index (χ0n) is 12.6. The zero-order chi connectivity index (χ0) is 16.8. The van der Waals surface area contributed by atoms with Crippen LogP contribution >= 0.6 is 22.7 Å². The van der Waals surface area contributed by atoms with Crippen LogP contribution in [0.25, 0.3) is 23.3 Å². The van der Waals surface area contributed by atoms with Crippen molar-refractivity contribution in [2.75, 3.05) is 0 Å². The Balaban J connectivity index is 1.86. The quantitative estimate of drug-likeness (QED) is 0.550. The number of hydrogen-bond acceptors (Lipinski definition) is 4. The number of nitrogens with zero attached hydrogens (tertiary/aromatic N) is 2. The molecule has 2 aromatic heterocycles. The van der Waals surface area contributed by atoms with Crippen molar-refractivity contribution < 1.29 is 0 Å². The summed E-state index contributed by atoms with van der Waals surface area (Å²) in [5.74, 6) is 0. The molecule has 0 spiro atoms. The minimum absolute atomic E-state index is 0.657. The van der Waals surface area contributed by atoms with Crippen LogP contribution in [0.1, 0.15) is 20.9 Å². The average molecular weight is 344 g/mol. The maximum atomic E-state index is 9.31. The predicted molar refractivity (Wildman–Crippen MR) is 102 cm³/mol. The molecule has 0 aliphatic carbocycles. The highest BCUT2D eigenvalue weighted by Crippen LogP contribution is 2.24. The Hall–Kier alpha value is -2.92. The van der Waals surface area contributed by atoms with Gasteiger partial charge in [-0.2, -0.15) is 10.5 Å². The summed E-state index contributed by atoms with van der Waals surface area (Å²) in [5, 5.41) is 22.5. The molecule has 4 heteroatoms. The molecule has 114 valence electrons. The highest BCUT2D eigenvalue weighted by atomic mass is 32.1. The first-order chi connectivity index (χ1) is 11.8. The number of nitriles is 2. The summed E-state index contributed by atoms with van der Waals surface area (Å²) < 4.78 is 0. The molecule has 0 aliphatic rings. The maximum Gasteiger partial charge on any atom is 0.101 e. The lowest BCUT2D eigenvalue weighted by Crippen LogP contribution is -1.80. The smallest absolute Gasteiger partial charge is 0.101 e. The van der Waals surface area contributed by atoms with E-state index in [0.717, 1.165) is 20.9 Å². The molecule has 0 fully saturated rings. The predicted octanol–water partition coefficient (Wildman–Crippen LogP) is 5.94. The van der Waals surface area contributed by atoms with Gasteiger partial charge in [0, 0.05) is 9.75 Å². The molecule has 0 saturated carbocycles. The van der Waals surface area contributed by atoms with Gasteiger partial charge in [-0.15, -0.1) is 22.7 Å². The molecule has 0 atom stereocenters. The molecule has 3 rings (SSSR count). The normalized spacial score (nSPS) is 11.8. The lowest BCUT2D eigenvalue weighted by Gasteiger charge is -1.99. The molecule has 3 aromatic rings. The van der Waals surface area contributed by atoms with Crippen molar-refractivity contribution in [3.63, 3.8) is 0 Å². The van der Waals surface area contributed by atoms with Crippen LogP contribution in [0.2, 0.25) is 0 Å². The van der Waals surface area contributed by atoms with E-state index in [2.05, 4.69) is 12.1 Å². The summed E-state index contributed by atoms with van der Waals surface area (Å²) >= 11 is 3.11. The van der Waals surface area contributed by atoms with Gasteiger partial charge in [-0.1, -0.05) is 36.4 Å². The molecule has 0 N–H and O–H groups in total. The van der Waals surface area contributed by atoms with E-state index in [1.807, 2.05) is 71.4 Å². The summed E-state index contributed by atoms with van der Waals surface area (Å²) in [4.78, 5) is 1.93. The lowest BCUT2D eigenvalue weighted by molar-refractivity contribution is 1.53. The Bertz CT molecular complexity index is 865. The highest BCUT2D eigenvalue weighted by molar-refractivity contribution is 7.11. The Labute approximate surface area is 148 Å². The largest absolute Gasteiger partial charge is 0.192 e. The molecular formula is C20H12N2S2. The third-order valence-electron chi connectivity index (χ3n) is 3.37. The molecule has 0 saturated heterocycles. The van der Waals surface area contributed by atoms with Crippen molar-refractivity contribution in [2.24, 2.45) is 0 Å². The van der Waals surface area contributed by atoms with Crippen molar-refractivity contribution in [3.8, 4) is 12.1 Å². The molecule has 0 radical (unpaired) electrons. The van der Waals surface area contributed by atoms with Crippen molar-refractivity contribution in [1.29, 1.82) is 10.5 Å². The molecule has 0 unspecified atom stereocenters. The summed E-state index contributed by atoms with van der Waals surface area (Å²) in [6, 6.07) is 20.1. The number of rotatable bonds is 4. The van der Waals surface area contributed by atoms with E-state index in [1.165, 1.54) is 0 Å². The van der Waals surface area contributed by atoms with Gasteiger partial charge in [0.05, 0.1) is 11.1 Å². The molecule has 0 aliphatic heterocycles. The third-order valence-corrected chi connectivity index (χ3v) is 5.18. The average Bonchev–Trinajstić information content (AvgIpc) is 3.32. The van der Waals surface area contributed by atoms with Crippen LogP contribution in [0.4, 0.5) is 0 Å². The lowest BCUT2D eigenvalue weighted by atomic mass is 10.1. The second-order valence-electron chi connectivity index (χ2n) is 4.96. The molecule has 1 aromatic carbocycles. The fraction of sp³-hybridized carbons (Fsp3) is 0. The van der Waals surface area contributed by atoms with Crippen LogP contribution in [0, 0.1) is 22.7 Å². The van der Waals surface area contributed by atoms with E-state index in [9.17, 15) is 10.5 Å². The first-order valence-electron chi connectivity index (χ1n) is 7.21. The third kappa shape index (κ3) is 3.70. The van der Waals surface area contributed by atoms with Crippen molar-refractivity contribution >= 4 is 46.0 Å². The van der Waals surface area contributed by atoms with Crippen molar-refractivity contribution in [3.05, 3.63) is 80.2 Å². The first kappa shape index (κ1) is 16.0. The summed E-state index contributed by atoms with van der Waals surface area (Å²) in [6.07, 6.45) is 3.76. The zero-order valence-corrected chi connectivity index (χ0v) is 14.3. The van der Waals surface area contributed by atoms with Crippen LogP contribution in [-0.4, -0.2) is 0 Å². The van der Waals surface area contributed by atoms with E-state index >= 15 is 0 Å². The SMILES string of the molecule is N#CC(=Cc1ccc(C=C(C#N)c2cccs2)cc1)c1cccs1. The van der Waals surface area contributed by atoms with Gasteiger partial charge in [0.25, 0.3) is 0 Å². The van der Waals surface area contributed by atoms with Gasteiger partial charge in [-0.3, -0.25) is 0 Å². The maximum absolute atomic E-state index is 9.31. The second kappa shape index (κ2) is 7.57. The van der Waals surface area contributed by atoms with E-state index in [0.29, 0.717) is 11.1 Å². The highest BCUT2D eigenvalue weighted by Gasteiger charge is 2.03. The molecule has 24 heavy (non-hydrogen) atoms. The van der Waals surface area contributed by atoms with E-state index in [1.54, 1.807) is 22.7 Å². The number of hydrogen-bond donors (Lipinski definition) is 0. The van der Waals surface area contributed by atoms with Gasteiger partial charge in [-0.25, -0.2) is 0 Å². The summed E-state index contributed by atoms with van der Waals surface area (Å²) in [5.41, 5.74) is 3.24. The molecule has 2 nitrogen and oxygen atoms in total. The summed E-state index contributed by atoms with van der Waals surface area (Å²) in [6.45, 7) is 0. The van der Waals surface area contributed by atoms with Gasteiger partial charge in [0.15, 0.2) is 0 Å². The second-order valence-corrected chi connectivity index (χ2v) is 6.86. The fourth-order valence-corrected chi connectivity index (χ4v) is 3.59. The summed E-state index contributed by atoms with van der Waals surface area (Å²) in [7, 11) is 0. The fourth-order valence-electron chi connectivity index (χ4n) is 2.20. The van der Waals surface area contributed by atoms with Gasteiger partial charge in [0.2, 0.25) is 0 Å². The van der Waals surface area contributed by atoms with Crippen LogP contribution < -0.4 is 0 Å². The minimum atomic E-state index is 0.657. The molecular weight excluding hydrogens is 332 g/mol. The van der Waals surface area contributed by atoms with Crippen molar-refractivity contribution in [1.82, 2.24) is 0 Å². The topological polar surface area (TPSA) is 47.6 Å². The standard InChI is InChI=1S/C20H12N2S2/c21-13-17(19-3-1-9-23-19)11-15-5-7-16(8-6-15)12-18(14-22)20-4-2-10-24-20/h1-12H. The Morgan fingerprint density at radius 2 is 1.12 bits per heavy atom. The first-order valence-corrected chi connectivity index (χ1v) is 8.97. The molecule has 0 amide bonds. The van der Waals surface area contributed by atoms with E-state index in [4.69, 9.17) is 0 Å². The van der Waals surface area contributed by atoms with E-state index in [-0.39, 0.29) is 0 Å².